The Morgan fingerprint density at radius 2 is 2.28 bits per heavy atom. The quantitative estimate of drug-likeness (QED) is 0.623. The Balaban J connectivity index is 2.36. The van der Waals surface area contributed by atoms with E-state index in [4.69, 9.17) is 4.74 Å². The molecule has 4 nitrogen and oxygen atoms in total. The minimum absolute atomic E-state index is 0.0766. The molecule has 0 aliphatic rings. The summed E-state index contributed by atoms with van der Waals surface area (Å²) >= 11 is 0. The maximum Gasteiger partial charge on any atom is 0.252 e. The SMILES string of the molecule is C=CCNCc1cc2ccc(OC)cc2[nH]c1=O. The number of methoxy groups -OCH3 is 1. The van der Waals surface area contributed by atoms with Gasteiger partial charge in [0.15, 0.2) is 0 Å². The summed E-state index contributed by atoms with van der Waals surface area (Å²) in [7, 11) is 1.60. The summed E-state index contributed by atoms with van der Waals surface area (Å²) in [6.07, 6.45) is 1.76. The van der Waals surface area contributed by atoms with Crippen LogP contribution in [0.1, 0.15) is 5.56 Å². The fourth-order valence-electron chi connectivity index (χ4n) is 1.79. The highest BCUT2D eigenvalue weighted by Crippen LogP contribution is 2.18. The third kappa shape index (κ3) is 2.60. The standard InChI is InChI=1S/C14H16N2O2/c1-3-6-15-9-11-7-10-4-5-12(18-2)8-13(10)16-14(11)17/h3-5,7-8,15H,1,6,9H2,2H3,(H,16,17). The molecule has 2 rings (SSSR count). The molecule has 0 aliphatic carbocycles. The van der Waals surface area contributed by atoms with Crippen LogP contribution in [0, 0.1) is 0 Å². The van der Waals surface area contributed by atoms with Crippen LogP contribution in [0.2, 0.25) is 0 Å². The number of fused-ring (bicyclic) bond motifs is 1. The second kappa shape index (κ2) is 5.51. The van der Waals surface area contributed by atoms with E-state index in [0.29, 0.717) is 13.1 Å². The summed E-state index contributed by atoms with van der Waals surface area (Å²) in [6.45, 7) is 4.83. The number of benzene rings is 1. The van der Waals surface area contributed by atoms with Crippen molar-refractivity contribution in [3.63, 3.8) is 0 Å². The van der Waals surface area contributed by atoms with Crippen molar-refractivity contribution in [2.24, 2.45) is 0 Å². The molecule has 0 saturated heterocycles. The van der Waals surface area contributed by atoms with Gasteiger partial charge in [-0.1, -0.05) is 6.08 Å². The zero-order chi connectivity index (χ0) is 13.0. The van der Waals surface area contributed by atoms with Crippen molar-refractivity contribution in [1.29, 1.82) is 0 Å². The topological polar surface area (TPSA) is 54.1 Å². The molecule has 0 unspecified atom stereocenters. The van der Waals surface area contributed by atoms with Gasteiger partial charge in [-0.15, -0.1) is 6.58 Å². The molecular formula is C14H16N2O2. The number of H-pyrrole nitrogens is 1. The number of hydrogen-bond donors (Lipinski definition) is 2. The Kier molecular flexibility index (Phi) is 3.79. The Morgan fingerprint density at radius 3 is 3.00 bits per heavy atom. The van der Waals surface area contributed by atoms with E-state index in [1.54, 1.807) is 13.2 Å². The summed E-state index contributed by atoms with van der Waals surface area (Å²) in [6, 6.07) is 7.52. The lowest BCUT2D eigenvalue weighted by atomic mass is 10.1. The van der Waals surface area contributed by atoms with E-state index in [1.165, 1.54) is 0 Å². The summed E-state index contributed by atoms with van der Waals surface area (Å²) in [5.74, 6) is 0.732. The van der Waals surface area contributed by atoms with E-state index in [9.17, 15) is 4.79 Å². The third-order valence-corrected chi connectivity index (χ3v) is 2.73. The van der Waals surface area contributed by atoms with Gasteiger partial charge in [-0.25, -0.2) is 0 Å². The van der Waals surface area contributed by atoms with Crippen molar-refractivity contribution in [1.82, 2.24) is 10.3 Å². The van der Waals surface area contributed by atoms with E-state index in [0.717, 1.165) is 22.2 Å². The van der Waals surface area contributed by atoms with Gasteiger partial charge in [-0.2, -0.15) is 0 Å². The number of hydrogen-bond acceptors (Lipinski definition) is 3. The first-order chi connectivity index (χ1) is 8.74. The lowest BCUT2D eigenvalue weighted by Crippen LogP contribution is -2.20. The molecule has 1 heterocycles. The molecule has 4 heteroatoms. The zero-order valence-electron chi connectivity index (χ0n) is 10.3. The van der Waals surface area contributed by atoms with Gasteiger partial charge < -0.3 is 15.0 Å². The molecule has 1 aromatic carbocycles. The van der Waals surface area contributed by atoms with E-state index < -0.39 is 0 Å². The van der Waals surface area contributed by atoms with E-state index in [-0.39, 0.29) is 5.56 Å². The maximum absolute atomic E-state index is 11.9. The van der Waals surface area contributed by atoms with Crippen molar-refractivity contribution in [2.45, 2.75) is 6.54 Å². The Morgan fingerprint density at radius 1 is 1.44 bits per heavy atom. The van der Waals surface area contributed by atoms with E-state index >= 15 is 0 Å². The molecule has 1 aromatic heterocycles. The van der Waals surface area contributed by atoms with Crippen LogP contribution in [0.4, 0.5) is 0 Å². The van der Waals surface area contributed by atoms with Gasteiger partial charge >= 0.3 is 0 Å². The third-order valence-electron chi connectivity index (χ3n) is 2.73. The predicted molar refractivity (Wildman–Crippen MR) is 73.0 cm³/mol. The molecule has 0 spiro atoms. The Hall–Kier alpha value is -2.07. The number of aromatic nitrogens is 1. The van der Waals surface area contributed by atoms with Gasteiger partial charge in [-0.3, -0.25) is 4.79 Å². The average molecular weight is 244 g/mol. The maximum atomic E-state index is 11.9. The molecule has 0 bridgehead atoms. The number of nitrogens with one attached hydrogen (secondary N) is 2. The van der Waals surface area contributed by atoms with Gasteiger partial charge in [0.1, 0.15) is 5.75 Å². The van der Waals surface area contributed by atoms with Gasteiger partial charge in [-0.05, 0) is 23.6 Å². The smallest absolute Gasteiger partial charge is 0.252 e. The minimum atomic E-state index is -0.0766. The highest BCUT2D eigenvalue weighted by atomic mass is 16.5. The predicted octanol–water partition coefficient (Wildman–Crippen LogP) is 1.81. The van der Waals surface area contributed by atoms with Gasteiger partial charge in [0.05, 0.1) is 12.6 Å². The molecular weight excluding hydrogens is 228 g/mol. The summed E-state index contributed by atoms with van der Waals surface area (Å²) in [5, 5.41) is 4.11. The monoisotopic (exact) mass is 244 g/mol. The van der Waals surface area contributed by atoms with Crippen LogP contribution >= 0.6 is 0 Å². The highest BCUT2D eigenvalue weighted by Gasteiger charge is 2.03. The van der Waals surface area contributed by atoms with E-state index in [2.05, 4.69) is 16.9 Å². The van der Waals surface area contributed by atoms with Crippen LogP contribution in [0.25, 0.3) is 10.9 Å². The highest BCUT2D eigenvalue weighted by molar-refractivity contribution is 5.80. The van der Waals surface area contributed by atoms with Crippen LogP contribution in [-0.4, -0.2) is 18.6 Å². The first kappa shape index (κ1) is 12.4. The fourth-order valence-corrected chi connectivity index (χ4v) is 1.79. The minimum Gasteiger partial charge on any atom is -0.497 e. The second-order valence-corrected chi connectivity index (χ2v) is 4.00. The number of rotatable bonds is 5. The zero-order valence-corrected chi connectivity index (χ0v) is 10.3. The lowest BCUT2D eigenvalue weighted by molar-refractivity contribution is 0.415. The first-order valence-corrected chi connectivity index (χ1v) is 5.76. The van der Waals surface area contributed by atoms with Gasteiger partial charge in [0.2, 0.25) is 0 Å². The number of pyridine rings is 1. The summed E-state index contributed by atoms with van der Waals surface area (Å²) in [4.78, 5) is 14.7. The Bertz CT molecular complexity index is 617. The van der Waals surface area contributed by atoms with Crippen LogP contribution in [0.5, 0.6) is 5.75 Å². The molecule has 2 aromatic rings. The molecule has 0 fully saturated rings. The fraction of sp³-hybridized carbons (Fsp3) is 0.214. The van der Waals surface area contributed by atoms with Gasteiger partial charge in [0.25, 0.3) is 5.56 Å². The van der Waals surface area contributed by atoms with Crippen molar-refractivity contribution in [2.75, 3.05) is 13.7 Å². The van der Waals surface area contributed by atoms with E-state index in [1.807, 2.05) is 24.3 Å². The number of aromatic amines is 1. The molecule has 0 aliphatic heterocycles. The molecule has 0 atom stereocenters. The first-order valence-electron chi connectivity index (χ1n) is 5.76. The molecule has 0 radical (unpaired) electrons. The van der Waals surface area contributed by atoms with Crippen LogP contribution in [0.15, 0.2) is 41.7 Å². The molecule has 18 heavy (non-hydrogen) atoms. The molecule has 0 saturated carbocycles. The summed E-state index contributed by atoms with van der Waals surface area (Å²) in [5.41, 5.74) is 1.42. The normalized spacial score (nSPS) is 10.5. The van der Waals surface area contributed by atoms with Crippen molar-refractivity contribution in [3.8, 4) is 5.75 Å². The van der Waals surface area contributed by atoms with Crippen molar-refractivity contribution in [3.05, 3.63) is 52.8 Å². The van der Waals surface area contributed by atoms with Crippen LogP contribution in [0.3, 0.4) is 0 Å². The second-order valence-electron chi connectivity index (χ2n) is 4.00. The van der Waals surface area contributed by atoms with Crippen LogP contribution in [-0.2, 0) is 6.54 Å². The molecule has 0 amide bonds. The lowest BCUT2D eigenvalue weighted by Gasteiger charge is -2.05. The van der Waals surface area contributed by atoms with Gasteiger partial charge in [0, 0.05) is 24.7 Å². The molecule has 94 valence electrons. The van der Waals surface area contributed by atoms with Crippen molar-refractivity contribution >= 4 is 10.9 Å². The Labute approximate surface area is 105 Å². The van der Waals surface area contributed by atoms with Crippen molar-refractivity contribution < 1.29 is 4.74 Å². The average Bonchev–Trinajstić information content (AvgIpc) is 2.39. The molecule has 2 N–H and O–H groups in total. The van der Waals surface area contributed by atoms with Crippen LogP contribution < -0.4 is 15.6 Å². The number of ether oxygens (including phenoxy) is 1. The largest absolute Gasteiger partial charge is 0.497 e. The summed E-state index contributed by atoms with van der Waals surface area (Å²) < 4.78 is 5.13.